The first kappa shape index (κ1) is 18.9. The number of rotatable bonds is 10. The molecule has 1 aliphatic heterocycles. The molecule has 1 fully saturated rings. The monoisotopic (exact) mass is 356 g/mol. The number of aryl methyl sites for hydroxylation is 1. The first-order chi connectivity index (χ1) is 12.8. The van der Waals surface area contributed by atoms with Crippen molar-refractivity contribution in [3.05, 3.63) is 47.5 Å². The van der Waals surface area contributed by atoms with E-state index in [1.54, 1.807) is 0 Å². The van der Waals surface area contributed by atoms with Crippen LogP contribution in [0.2, 0.25) is 0 Å². The molecule has 1 saturated heterocycles. The predicted octanol–water partition coefficient (Wildman–Crippen LogP) is 3.30. The Morgan fingerprint density at radius 2 is 2.00 bits per heavy atom. The predicted molar refractivity (Wildman–Crippen MR) is 105 cm³/mol. The number of nitrogens with one attached hydrogen (secondary N) is 1. The van der Waals surface area contributed by atoms with E-state index in [1.807, 2.05) is 6.20 Å². The highest BCUT2D eigenvalue weighted by Gasteiger charge is 2.10. The average Bonchev–Trinajstić information content (AvgIpc) is 3.10. The van der Waals surface area contributed by atoms with Gasteiger partial charge in [-0.2, -0.15) is 0 Å². The Kier molecular flexibility index (Phi) is 7.52. The summed E-state index contributed by atoms with van der Waals surface area (Å²) in [5.41, 5.74) is 8.04. The zero-order chi connectivity index (χ0) is 18.0. The summed E-state index contributed by atoms with van der Waals surface area (Å²) in [4.78, 5) is 10.3. The van der Waals surface area contributed by atoms with Gasteiger partial charge < -0.3 is 15.5 Å². The summed E-state index contributed by atoms with van der Waals surface area (Å²) in [5.74, 6) is 2.04. The highest BCUT2D eigenvalue weighted by atomic mass is 16.5. The van der Waals surface area contributed by atoms with Gasteiger partial charge >= 0.3 is 0 Å². The number of nitrogens with two attached hydrogens (primary N) is 1. The number of aromatic nitrogens is 2. The third-order valence-corrected chi connectivity index (χ3v) is 4.92. The molecule has 3 N–H and O–H groups in total. The van der Waals surface area contributed by atoms with Crippen LogP contribution >= 0.6 is 0 Å². The first-order valence-electron chi connectivity index (χ1n) is 10.0. The molecule has 0 spiro atoms. The minimum atomic E-state index is 0.659. The fraction of sp³-hybridized carbons (Fsp3) is 0.571. The minimum absolute atomic E-state index is 0.659. The van der Waals surface area contributed by atoms with Crippen molar-refractivity contribution in [1.29, 1.82) is 0 Å². The molecule has 142 valence electrons. The average molecular weight is 357 g/mol. The van der Waals surface area contributed by atoms with Crippen molar-refractivity contribution in [3.63, 3.8) is 0 Å². The van der Waals surface area contributed by atoms with Gasteiger partial charge in [-0.1, -0.05) is 18.6 Å². The maximum Gasteiger partial charge on any atom is 0.119 e. The number of hydrogen-bond acceptors (Lipinski definition) is 4. The summed E-state index contributed by atoms with van der Waals surface area (Å²) in [7, 11) is 0. The van der Waals surface area contributed by atoms with E-state index in [0.717, 1.165) is 56.1 Å². The second-order valence-corrected chi connectivity index (χ2v) is 7.18. The lowest BCUT2D eigenvalue weighted by Crippen LogP contribution is -2.29. The number of piperidine rings is 1. The Bertz CT molecular complexity index is 649. The molecule has 0 saturated carbocycles. The van der Waals surface area contributed by atoms with Gasteiger partial charge in [0.25, 0.3) is 0 Å². The van der Waals surface area contributed by atoms with Crippen molar-refractivity contribution in [2.45, 2.75) is 51.5 Å². The summed E-state index contributed by atoms with van der Waals surface area (Å²) >= 11 is 0. The third-order valence-electron chi connectivity index (χ3n) is 4.92. The van der Waals surface area contributed by atoms with Gasteiger partial charge in [-0.25, -0.2) is 4.98 Å². The van der Waals surface area contributed by atoms with Crippen molar-refractivity contribution in [2.24, 2.45) is 5.73 Å². The van der Waals surface area contributed by atoms with Gasteiger partial charge in [0.15, 0.2) is 0 Å². The lowest BCUT2D eigenvalue weighted by atomic mass is 10.1. The number of aromatic amines is 1. The normalized spacial score (nSPS) is 15.3. The van der Waals surface area contributed by atoms with Gasteiger partial charge in [0.1, 0.15) is 11.6 Å². The zero-order valence-electron chi connectivity index (χ0n) is 15.8. The number of hydrogen-bond donors (Lipinski definition) is 2. The standard InChI is InChI=1S/C21H32N4O/c22-11-10-19-16-23-21(24-19)9-2-5-14-26-20-8-6-7-18(15-20)17-25-12-3-1-4-13-25/h6-8,15-16H,1-5,9-14,17,22H2,(H,23,24). The largest absolute Gasteiger partial charge is 0.494 e. The molecule has 3 rings (SSSR count). The van der Waals surface area contributed by atoms with Crippen LogP contribution in [-0.2, 0) is 19.4 Å². The first-order valence-corrected chi connectivity index (χ1v) is 10.0. The number of imidazole rings is 1. The highest BCUT2D eigenvalue weighted by molar-refractivity contribution is 5.28. The zero-order valence-corrected chi connectivity index (χ0v) is 15.8. The van der Waals surface area contributed by atoms with E-state index in [0.29, 0.717) is 6.54 Å². The van der Waals surface area contributed by atoms with E-state index in [9.17, 15) is 0 Å². The topological polar surface area (TPSA) is 67.2 Å². The van der Waals surface area contributed by atoms with Crippen LogP contribution < -0.4 is 10.5 Å². The third kappa shape index (κ3) is 6.15. The number of likely N-dealkylation sites (tertiary alicyclic amines) is 1. The van der Waals surface area contributed by atoms with Gasteiger partial charge in [0.2, 0.25) is 0 Å². The number of H-pyrrole nitrogens is 1. The second kappa shape index (κ2) is 10.3. The Morgan fingerprint density at radius 3 is 2.85 bits per heavy atom. The van der Waals surface area contributed by atoms with Crippen molar-refractivity contribution in [3.8, 4) is 5.75 Å². The van der Waals surface area contributed by atoms with E-state index in [1.165, 1.54) is 37.9 Å². The van der Waals surface area contributed by atoms with Crippen LogP contribution in [0.4, 0.5) is 0 Å². The molecule has 1 aromatic heterocycles. The fourth-order valence-electron chi connectivity index (χ4n) is 3.51. The van der Waals surface area contributed by atoms with Crippen molar-refractivity contribution in [2.75, 3.05) is 26.2 Å². The van der Waals surface area contributed by atoms with Crippen LogP contribution in [0.1, 0.15) is 49.2 Å². The molecule has 5 heteroatoms. The van der Waals surface area contributed by atoms with Gasteiger partial charge in [0, 0.05) is 31.3 Å². The lowest BCUT2D eigenvalue weighted by Gasteiger charge is -2.26. The molecule has 0 amide bonds. The maximum atomic E-state index is 5.95. The summed E-state index contributed by atoms with van der Waals surface area (Å²) in [6.07, 6.45) is 9.87. The Balaban J connectivity index is 1.35. The molecule has 0 aliphatic carbocycles. The summed E-state index contributed by atoms with van der Waals surface area (Å²) < 4.78 is 5.95. The second-order valence-electron chi connectivity index (χ2n) is 7.18. The molecular weight excluding hydrogens is 324 g/mol. The van der Waals surface area contributed by atoms with Crippen molar-refractivity contribution in [1.82, 2.24) is 14.9 Å². The summed E-state index contributed by atoms with van der Waals surface area (Å²) in [6.45, 7) is 4.91. The van der Waals surface area contributed by atoms with E-state index in [2.05, 4.69) is 39.1 Å². The summed E-state index contributed by atoms with van der Waals surface area (Å²) in [5, 5.41) is 0. The van der Waals surface area contributed by atoms with E-state index < -0.39 is 0 Å². The van der Waals surface area contributed by atoms with Gasteiger partial charge in [-0.05, 0) is 63.0 Å². The fourth-order valence-corrected chi connectivity index (χ4v) is 3.51. The highest BCUT2D eigenvalue weighted by Crippen LogP contribution is 2.18. The number of unbranched alkanes of at least 4 members (excludes halogenated alkanes) is 1. The number of nitrogens with zero attached hydrogens (tertiary/aromatic N) is 2. The molecular formula is C21H32N4O. The van der Waals surface area contributed by atoms with Gasteiger partial charge in [-0.3, -0.25) is 4.90 Å². The van der Waals surface area contributed by atoms with E-state index in [4.69, 9.17) is 10.5 Å². The number of benzene rings is 1. The molecule has 1 aromatic carbocycles. The van der Waals surface area contributed by atoms with Gasteiger partial charge in [-0.15, -0.1) is 0 Å². The molecule has 0 unspecified atom stereocenters. The molecule has 0 bridgehead atoms. The van der Waals surface area contributed by atoms with Crippen LogP contribution in [0.3, 0.4) is 0 Å². The molecule has 0 radical (unpaired) electrons. The minimum Gasteiger partial charge on any atom is -0.494 e. The lowest BCUT2D eigenvalue weighted by molar-refractivity contribution is 0.220. The molecule has 2 heterocycles. The smallest absolute Gasteiger partial charge is 0.119 e. The van der Waals surface area contributed by atoms with E-state index >= 15 is 0 Å². The van der Waals surface area contributed by atoms with Crippen LogP contribution in [0.25, 0.3) is 0 Å². The molecule has 1 aliphatic rings. The van der Waals surface area contributed by atoms with Crippen LogP contribution in [0.5, 0.6) is 5.75 Å². The van der Waals surface area contributed by atoms with Crippen molar-refractivity contribution >= 4 is 0 Å². The SMILES string of the molecule is NCCc1cnc(CCCCOc2cccc(CN3CCCCC3)c2)[nH]1. The Hall–Kier alpha value is -1.85. The molecule has 26 heavy (non-hydrogen) atoms. The van der Waals surface area contributed by atoms with Gasteiger partial charge in [0.05, 0.1) is 6.61 Å². The van der Waals surface area contributed by atoms with Crippen LogP contribution in [0.15, 0.2) is 30.5 Å². The van der Waals surface area contributed by atoms with E-state index in [-0.39, 0.29) is 0 Å². The molecule has 0 atom stereocenters. The molecule has 5 nitrogen and oxygen atoms in total. The van der Waals surface area contributed by atoms with Crippen LogP contribution in [0, 0.1) is 0 Å². The Morgan fingerprint density at radius 1 is 1.12 bits per heavy atom. The van der Waals surface area contributed by atoms with Crippen molar-refractivity contribution < 1.29 is 4.74 Å². The maximum absolute atomic E-state index is 5.95. The quantitative estimate of drug-likeness (QED) is 0.641. The van der Waals surface area contributed by atoms with Crippen LogP contribution in [-0.4, -0.2) is 41.1 Å². The number of ether oxygens (including phenoxy) is 1. The molecule has 2 aromatic rings. The Labute approximate surface area is 157 Å². The summed E-state index contributed by atoms with van der Waals surface area (Å²) in [6, 6.07) is 8.57.